The standard InChI is InChI=1S/C10H5BrN4OS/c11-7-2-1-3-8(14-7)15-9(16)10-13-6(4-12)5-17-10/h1-3,5H,(H,14,15,16). The number of carbonyl (C=O) groups excluding carboxylic acids is 1. The summed E-state index contributed by atoms with van der Waals surface area (Å²) in [5.41, 5.74) is 0.238. The summed E-state index contributed by atoms with van der Waals surface area (Å²) < 4.78 is 0.632. The summed E-state index contributed by atoms with van der Waals surface area (Å²) in [6, 6.07) is 7.06. The lowest BCUT2D eigenvalue weighted by Crippen LogP contribution is -2.12. The fraction of sp³-hybridized carbons (Fsp3) is 0. The van der Waals surface area contributed by atoms with Gasteiger partial charge >= 0.3 is 0 Å². The number of aromatic nitrogens is 2. The van der Waals surface area contributed by atoms with Gasteiger partial charge in [0.15, 0.2) is 10.7 Å². The third kappa shape index (κ3) is 2.87. The van der Waals surface area contributed by atoms with Crippen molar-refractivity contribution in [2.45, 2.75) is 0 Å². The molecule has 0 aliphatic rings. The molecule has 0 aliphatic heterocycles. The van der Waals surface area contributed by atoms with Crippen LogP contribution in [0.4, 0.5) is 5.82 Å². The Hall–Kier alpha value is -1.78. The van der Waals surface area contributed by atoms with E-state index in [-0.39, 0.29) is 16.6 Å². The van der Waals surface area contributed by atoms with Crippen LogP contribution in [0.15, 0.2) is 28.2 Å². The SMILES string of the molecule is N#Cc1csc(C(=O)Nc2cccc(Br)n2)n1. The topological polar surface area (TPSA) is 78.7 Å². The number of carbonyl (C=O) groups is 1. The van der Waals surface area contributed by atoms with Crippen molar-refractivity contribution in [3.8, 4) is 6.07 Å². The van der Waals surface area contributed by atoms with Gasteiger partial charge in [-0.15, -0.1) is 11.3 Å². The first-order valence-electron chi connectivity index (χ1n) is 4.48. The Kier molecular flexibility index (Phi) is 3.46. The molecule has 0 unspecified atom stereocenters. The lowest BCUT2D eigenvalue weighted by molar-refractivity contribution is 0.102. The molecule has 2 heterocycles. The number of halogens is 1. The molecule has 0 saturated heterocycles. The molecule has 0 radical (unpaired) electrons. The maximum atomic E-state index is 11.7. The second-order valence-corrected chi connectivity index (χ2v) is 4.62. The number of amides is 1. The lowest BCUT2D eigenvalue weighted by atomic mass is 10.4. The van der Waals surface area contributed by atoms with Gasteiger partial charge in [-0.3, -0.25) is 4.79 Å². The number of thiazole rings is 1. The first-order valence-corrected chi connectivity index (χ1v) is 6.16. The number of hydrogen-bond acceptors (Lipinski definition) is 5. The highest BCUT2D eigenvalue weighted by Crippen LogP contribution is 2.13. The van der Waals surface area contributed by atoms with Crippen LogP contribution in [0.2, 0.25) is 0 Å². The largest absolute Gasteiger partial charge is 0.304 e. The summed E-state index contributed by atoms with van der Waals surface area (Å²) in [5.74, 6) is 0.0557. The van der Waals surface area contributed by atoms with Gasteiger partial charge in [0, 0.05) is 5.38 Å². The second-order valence-electron chi connectivity index (χ2n) is 2.95. The normalized spacial score (nSPS) is 9.65. The van der Waals surface area contributed by atoms with Crippen LogP contribution in [0.1, 0.15) is 15.5 Å². The fourth-order valence-corrected chi connectivity index (χ4v) is 2.06. The van der Waals surface area contributed by atoms with Gasteiger partial charge < -0.3 is 5.32 Å². The van der Waals surface area contributed by atoms with Gasteiger partial charge in [0.1, 0.15) is 16.5 Å². The molecule has 0 bridgehead atoms. The van der Waals surface area contributed by atoms with Crippen LogP contribution in [0.5, 0.6) is 0 Å². The zero-order valence-corrected chi connectivity index (χ0v) is 10.7. The van der Waals surface area contributed by atoms with E-state index in [0.717, 1.165) is 11.3 Å². The Morgan fingerprint density at radius 2 is 2.29 bits per heavy atom. The third-order valence-corrected chi connectivity index (χ3v) is 3.05. The Labute approximate surface area is 109 Å². The minimum absolute atomic E-state index is 0.238. The zero-order valence-electron chi connectivity index (χ0n) is 8.35. The molecule has 2 aromatic heterocycles. The fourth-order valence-electron chi connectivity index (χ4n) is 1.08. The second kappa shape index (κ2) is 5.03. The van der Waals surface area contributed by atoms with E-state index in [2.05, 4.69) is 31.2 Å². The van der Waals surface area contributed by atoms with E-state index in [1.54, 1.807) is 18.2 Å². The predicted octanol–water partition coefficient (Wildman–Crippen LogP) is 2.42. The number of pyridine rings is 1. The molecule has 0 aromatic carbocycles. The molecule has 0 fully saturated rings. The molecule has 0 aliphatic carbocycles. The Balaban J connectivity index is 2.14. The minimum Gasteiger partial charge on any atom is -0.304 e. The highest BCUT2D eigenvalue weighted by molar-refractivity contribution is 9.10. The summed E-state index contributed by atoms with van der Waals surface area (Å²) in [6.07, 6.45) is 0. The average molecular weight is 309 g/mol. The first-order chi connectivity index (χ1) is 8.19. The van der Waals surface area contributed by atoms with Crippen molar-refractivity contribution in [3.63, 3.8) is 0 Å². The number of nitrogens with one attached hydrogen (secondary N) is 1. The summed E-state index contributed by atoms with van der Waals surface area (Å²) in [4.78, 5) is 19.6. The highest BCUT2D eigenvalue weighted by Gasteiger charge is 2.11. The molecular weight excluding hydrogens is 304 g/mol. The molecular formula is C10H5BrN4OS. The van der Waals surface area contributed by atoms with Gasteiger partial charge in [0.05, 0.1) is 0 Å². The van der Waals surface area contributed by atoms with E-state index in [9.17, 15) is 4.79 Å². The molecule has 2 aromatic rings. The van der Waals surface area contributed by atoms with Crippen LogP contribution in [0.25, 0.3) is 0 Å². The van der Waals surface area contributed by atoms with Crippen molar-refractivity contribution >= 4 is 39.0 Å². The van der Waals surface area contributed by atoms with Crippen molar-refractivity contribution in [1.29, 1.82) is 5.26 Å². The number of rotatable bonds is 2. The van der Waals surface area contributed by atoms with Crippen LogP contribution in [-0.2, 0) is 0 Å². The van der Waals surface area contributed by atoms with Gasteiger partial charge in [-0.2, -0.15) is 5.26 Å². The van der Waals surface area contributed by atoms with E-state index in [4.69, 9.17) is 5.26 Å². The Morgan fingerprint density at radius 1 is 1.47 bits per heavy atom. The maximum absolute atomic E-state index is 11.7. The zero-order chi connectivity index (χ0) is 12.3. The molecule has 7 heteroatoms. The van der Waals surface area contributed by atoms with E-state index >= 15 is 0 Å². The van der Waals surface area contributed by atoms with Gasteiger partial charge in [-0.1, -0.05) is 6.07 Å². The smallest absolute Gasteiger partial charge is 0.285 e. The van der Waals surface area contributed by atoms with E-state index in [1.165, 1.54) is 5.38 Å². The molecule has 84 valence electrons. The number of anilines is 1. The molecule has 17 heavy (non-hydrogen) atoms. The van der Waals surface area contributed by atoms with Crippen molar-refractivity contribution in [3.05, 3.63) is 38.9 Å². The highest BCUT2D eigenvalue weighted by atomic mass is 79.9. The number of nitriles is 1. The van der Waals surface area contributed by atoms with Crippen LogP contribution >= 0.6 is 27.3 Å². The molecule has 1 N–H and O–H groups in total. The van der Waals surface area contributed by atoms with Crippen molar-refractivity contribution in [2.75, 3.05) is 5.32 Å². The molecule has 1 amide bonds. The van der Waals surface area contributed by atoms with Gasteiger partial charge in [-0.05, 0) is 28.1 Å². The average Bonchev–Trinajstić information content (AvgIpc) is 2.77. The number of hydrogen-bond donors (Lipinski definition) is 1. The maximum Gasteiger partial charge on any atom is 0.285 e. The predicted molar refractivity (Wildman–Crippen MR) is 66.7 cm³/mol. The third-order valence-electron chi connectivity index (χ3n) is 1.77. The van der Waals surface area contributed by atoms with Crippen molar-refractivity contribution in [2.24, 2.45) is 0 Å². The van der Waals surface area contributed by atoms with Crippen LogP contribution in [0.3, 0.4) is 0 Å². The van der Waals surface area contributed by atoms with Crippen LogP contribution < -0.4 is 5.32 Å². The quantitative estimate of drug-likeness (QED) is 0.864. The lowest BCUT2D eigenvalue weighted by Gasteiger charge is -2.01. The Morgan fingerprint density at radius 3 is 2.94 bits per heavy atom. The summed E-state index contributed by atoms with van der Waals surface area (Å²) in [5, 5.41) is 13.0. The van der Waals surface area contributed by atoms with E-state index in [1.807, 2.05) is 6.07 Å². The van der Waals surface area contributed by atoms with Crippen molar-refractivity contribution < 1.29 is 4.79 Å². The molecule has 5 nitrogen and oxygen atoms in total. The summed E-state index contributed by atoms with van der Waals surface area (Å²) >= 11 is 4.33. The van der Waals surface area contributed by atoms with Crippen molar-refractivity contribution in [1.82, 2.24) is 9.97 Å². The molecule has 0 atom stereocenters. The van der Waals surface area contributed by atoms with Crippen LogP contribution in [-0.4, -0.2) is 15.9 Å². The summed E-state index contributed by atoms with van der Waals surface area (Å²) in [7, 11) is 0. The molecule has 0 spiro atoms. The summed E-state index contributed by atoms with van der Waals surface area (Å²) in [6.45, 7) is 0. The van der Waals surface area contributed by atoms with Gasteiger partial charge in [-0.25, -0.2) is 9.97 Å². The molecule has 0 saturated carbocycles. The van der Waals surface area contributed by atoms with Crippen LogP contribution in [0, 0.1) is 11.3 Å². The van der Waals surface area contributed by atoms with Gasteiger partial charge in [0.2, 0.25) is 0 Å². The number of nitrogens with zero attached hydrogens (tertiary/aromatic N) is 3. The van der Waals surface area contributed by atoms with E-state index in [0.29, 0.717) is 10.4 Å². The van der Waals surface area contributed by atoms with Gasteiger partial charge in [0.25, 0.3) is 5.91 Å². The van der Waals surface area contributed by atoms with E-state index < -0.39 is 0 Å². The Bertz CT molecular complexity index is 604. The first kappa shape index (κ1) is 11.7. The minimum atomic E-state index is -0.373. The monoisotopic (exact) mass is 308 g/mol. The molecule has 2 rings (SSSR count).